The normalized spacial score (nSPS) is 24.2. The van der Waals surface area contributed by atoms with Gasteiger partial charge in [0.25, 0.3) is 0 Å². The highest BCUT2D eigenvalue weighted by molar-refractivity contribution is 8.00. The highest BCUT2D eigenvalue weighted by atomic mass is 32.2. The third-order valence-corrected chi connectivity index (χ3v) is 5.64. The van der Waals surface area contributed by atoms with E-state index in [4.69, 9.17) is 23.7 Å². The highest BCUT2D eigenvalue weighted by Crippen LogP contribution is 2.40. The van der Waals surface area contributed by atoms with Crippen molar-refractivity contribution in [3.05, 3.63) is 34.4 Å². The third kappa shape index (κ3) is 7.34. The first-order valence-electron chi connectivity index (χ1n) is 9.70. The van der Waals surface area contributed by atoms with E-state index in [0.717, 1.165) is 32.5 Å². The molecule has 1 aliphatic heterocycles. The summed E-state index contributed by atoms with van der Waals surface area (Å²) in [6.07, 6.45) is -3.83. The summed E-state index contributed by atoms with van der Waals surface area (Å²) < 4.78 is 26.9. The number of benzene rings is 1. The van der Waals surface area contributed by atoms with Crippen LogP contribution in [0.25, 0.3) is 0 Å². The van der Waals surface area contributed by atoms with Gasteiger partial charge in [-0.1, -0.05) is 12.1 Å². The number of carbonyl (C=O) groups excluding carboxylic acids is 4. The fourth-order valence-corrected chi connectivity index (χ4v) is 4.50. The lowest BCUT2D eigenvalue weighted by atomic mass is 10.0. The fraction of sp³-hybridized carbons (Fsp3) is 0.500. The number of rotatable bonds is 8. The molecule has 1 aromatic carbocycles. The summed E-state index contributed by atoms with van der Waals surface area (Å²) in [5.74, 6) is -2.98. The van der Waals surface area contributed by atoms with Crippen molar-refractivity contribution in [2.75, 3.05) is 6.61 Å². The van der Waals surface area contributed by atoms with Gasteiger partial charge in [0.2, 0.25) is 0 Å². The standard InChI is InChI=1S/C20H23NO11S/c1-10(22)28-9-16-17(29-11(2)23)18(30-12(3)24)19(31-13(4)25)20(33-16)32-15-8-6-5-7-14(15)21(26)27/h5-8,16-20H,9H2,1-4H3/t16-,17-,18+,19-,20-/m1/s1. The Balaban J connectivity index is 2.51. The van der Waals surface area contributed by atoms with Crippen LogP contribution in [0.1, 0.15) is 27.7 Å². The predicted octanol–water partition coefficient (Wildman–Crippen LogP) is 1.77. The van der Waals surface area contributed by atoms with Gasteiger partial charge in [0.1, 0.15) is 6.61 Å². The second kappa shape index (κ2) is 11.5. The van der Waals surface area contributed by atoms with Crippen LogP contribution >= 0.6 is 11.8 Å². The number of carbonyl (C=O) groups is 4. The maximum absolute atomic E-state index is 11.8. The number of hydrogen-bond donors (Lipinski definition) is 0. The van der Waals surface area contributed by atoms with Crippen LogP contribution in [0.15, 0.2) is 24.3 Å². The molecule has 0 radical (unpaired) electrons. The van der Waals surface area contributed by atoms with E-state index in [9.17, 15) is 29.3 Å². The molecule has 0 saturated carbocycles. The zero-order valence-corrected chi connectivity index (χ0v) is 19.1. The first kappa shape index (κ1) is 25.9. The first-order chi connectivity index (χ1) is 15.5. The summed E-state index contributed by atoms with van der Waals surface area (Å²) in [6, 6.07) is 5.54. The van der Waals surface area contributed by atoms with Crippen molar-refractivity contribution in [3.63, 3.8) is 0 Å². The molecule has 2 rings (SSSR count). The SMILES string of the molecule is CC(=O)OC[C@H]1S[C@@H](Oc2ccccc2[N+](=O)[O-])[C@H](OC(C)=O)[C@@H](OC(C)=O)[C@@H]1OC(C)=O. The number of esters is 4. The molecular weight excluding hydrogens is 462 g/mol. The molecule has 0 unspecified atom stereocenters. The van der Waals surface area contributed by atoms with Gasteiger partial charge in [-0.05, 0) is 6.07 Å². The Morgan fingerprint density at radius 2 is 1.42 bits per heavy atom. The molecule has 180 valence electrons. The topological polar surface area (TPSA) is 158 Å². The van der Waals surface area contributed by atoms with E-state index in [1.165, 1.54) is 31.2 Å². The van der Waals surface area contributed by atoms with E-state index in [0.29, 0.717) is 0 Å². The summed E-state index contributed by atoms with van der Waals surface area (Å²) in [4.78, 5) is 57.5. The van der Waals surface area contributed by atoms with Crippen LogP contribution in [0.3, 0.4) is 0 Å². The number of nitro groups is 1. The molecule has 0 aromatic heterocycles. The van der Waals surface area contributed by atoms with Crippen LogP contribution in [0.4, 0.5) is 5.69 Å². The second-order valence-corrected chi connectivity index (χ2v) is 8.25. The monoisotopic (exact) mass is 485 g/mol. The molecule has 0 aliphatic carbocycles. The van der Waals surface area contributed by atoms with Crippen LogP contribution in [-0.4, -0.2) is 64.4 Å². The number of hydrogen-bond acceptors (Lipinski definition) is 12. The van der Waals surface area contributed by atoms with Gasteiger partial charge in [0, 0.05) is 33.8 Å². The van der Waals surface area contributed by atoms with Gasteiger partial charge < -0.3 is 23.7 Å². The van der Waals surface area contributed by atoms with Crippen LogP contribution < -0.4 is 4.74 Å². The van der Waals surface area contributed by atoms with Crippen molar-refractivity contribution < 1.29 is 47.8 Å². The average molecular weight is 485 g/mol. The fourth-order valence-electron chi connectivity index (χ4n) is 3.12. The number of nitrogens with zero attached hydrogens (tertiary/aromatic N) is 1. The Bertz CT molecular complexity index is 921. The number of thioether (sulfide) groups is 1. The molecule has 1 fully saturated rings. The molecule has 12 nitrogen and oxygen atoms in total. The summed E-state index contributed by atoms with van der Waals surface area (Å²) >= 11 is 0.952. The van der Waals surface area contributed by atoms with E-state index in [-0.39, 0.29) is 18.0 Å². The van der Waals surface area contributed by atoms with Crippen molar-refractivity contribution >= 4 is 41.3 Å². The Morgan fingerprint density at radius 1 is 0.879 bits per heavy atom. The van der Waals surface area contributed by atoms with Gasteiger partial charge in [-0.2, -0.15) is 0 Å². The van der Waals surface area contributed by atoms with Gasteiger partial charge >= 0.3 is 29.6 Å². The highest BCUT2D eigenvalue weighted by Gasteiger charge is 2.53. The molecule has 1 heterocycles. The minimum atomic E-state index is -1.34. The molecule has 0 N–H and O–H groups in total. The van der Waals surface area contributed by atoms with Gasteiger partial charge in [0.15, 0.2) is 29.5 Å². The molecule has 0 bridgehead atoms. The molecular formula is C20H23NO11S. The van der Waals surface area contributed by atoms with Crippen LogP contribution in [0, 0.1) is 10.1 Å². The molecule has 1 saturated heterocycles. The molecule has 33 heavy (non-hydrogen) atoms. The minimum absolute atomic E-state index is 0.129. The zero-order valence-electron chi connectivity index (χ0n) is 18.2. The van der Waals surface area contributed by atoms with E-state index < -0.39 is 57.8 Å². The largest absolute Gasteiger partial charge is 0.468 e. The summed E-state index contributed by atoms with van der Waals surface area (Å²) in [7, 11) is 0. The molecule has 1 aliphatic rings. The lowest BCUT2D eigenvalue weighted by Gasteiger charge is -2.43. The smallest absolute Gasteiger partial charge is 0.310 e. The van der Waals surface area contributed by atoms with Crippen molar-refractivity contribution in [3.8, 4) is 5.75 Å². The summed E-state index contributed by atoms with van der Waals surface area (Å²) in [5, 5.41) is 10.6. The predicted molar refractivity (Wildman–Crippen MR) is 112 cm³/mol. The van der Waals surface area contributed by atoms with Crippen molar-refractivity contribution in [2.24, 2.45) is 0 Å². The molecule has 0 amide bonds. The van der Waals surface area contributed by atoms with E-state index in [1.54, 1.807) is 0 Å². The van der Waals surface area contributed by atoms with Crippen LogP contribution in [0.2, 0.25) is 0 Å². The van der Waals surface area contributed by atoms with Crippen molar-refractivity contribution in [1.29, 1.82) is 0 Å². The van der Waals surface area contributed by atoms with Gasteiger partial charge in [-0.25, -0.2) is 0 Å². The van der Waals surface area contributed by atoms with Crippen molar-refractivity contribution in [2.45, 2.75) is 56.7 Å². The maximum Gasteiger partial charge on any atom is 0.310 e. The molecule has 0 spiro atoms. The third-order valence-electron chi connectivity index (χ3n) is 4.25. The molecule has 5 atom stereocenters. The van der Waals surface area contributed by atoms with Crippen LogP contribution in [-0.2, 0) is 38.1 Å². The van der Waals surface area contributed by atoms with Gasteiger partial charge in [-0.15, -0.1) is 11.8 Å². The summed E-state index contributed by atoms with van der Waals surface area (Å²) in [5.41, 5.74) is -1.49. The van der Waals surface area contributed by atoms with E-state index in [2.05, 4.69) is 0 Å². The second-order valence-electron chi connectivity index (χ2n) is 6.91. The van der Waals surface area contributed by atoms with Crippen LogP contribution in [0.5, 0.6) is 5.75 Å². The minimum Gasteiger partial charge on any atom is -0.468 e. The first-order valence-corrected chi connectivity index (χ1v) is 10.6. The number of para-hydroxylation sites is 2. The average Bonchev–Trinajstić information content (AvgIpc) is 2.70. The quantitative estimate of drug-likeness (QED) is 0.228. The Morgan fingerprint density at radius 3 is 1.97 bits per heavy atom. The number of nitro benzene ring substituents is 1. The lowest BCUT2D eigenvalue weighted by Crippen LogP contribution is -2.59. The Hall–Kier alpha value is -3.35. The summed E-state index contributed by atoms with van der Waals surface area (Å²) in [6.45, 7) is 4.27. The van der Waals surface area contributed by atoms with E-state index in [1.807, 2.05) is 0 Å². The molecule has 1 aromatic rings. The van der Waals surface area contributed by atoms with Gasteiger partial charge in [0.05, 0.1) is 10.2 Å². The Kier molecular flexibility index (Phi) is 9.02. The molecule has 13 heteroatoms. The van der Waals surface area contributed by atoms with Crippen molar-refractivity contribution in [1.82, 2.24) is 0 Å². The lowest BCUT2D eigenvalue weighted by molar-refractivity contribution is -0.386. The number of ether oxygens (including phenoxy) is 5. The zero-order chi connectivity index (χ0) is 24.7. The van der Waals surface area contributed by atoms with Gasteiger partial charge in [-0.3, -0.25) is 29.3 Å². The Labute approximate surface area is 193 Å². The maximum atomic E-state index is 11.8. The van der Waals surface area contributed by atoms with E-state index >= 15 is 0 Å².